The van der Waals surface area contributed by atoms with Gasteiger partial charge in [-0.15, -0.1) is 27.8 Å². The Bertz CT molecular complexity index is 732. The Morgan fingerprint density at radius 1 is 1.43 bits per heavy atom. The molecule has 6 heteroatoms. The third-order valence-electron chi connectivity index (χ3n) is 3.34. The molecule has 110 valence electrons. The molecule has 0 saturated carbocycles. The standard InChI is InChI=1S/C15H18N4S2/c1-9(16)6-13-10(2)14-15(21-13)12(8-18-19-14)17-7-11-4-3-5-20-11/h3-5,8-9H,6-7,16H2,1-2H3,(H,17,19). The maximum absolute atomic E-state index is 5.93. The van der Waals surface area contributed by atoms with Crippen LogP contribution in [0, 0.1) is 6.92 Å². The molecule has 0 aromatic carbocycles. The second-order valence-corrected chi connectivity index (χ2v) is 7.34. The normalized spacial score (nSPS) is 12.7. The zero-order chi connectivity index (χ0) is 14.8. The van der Waals surface area contributed by atoms with Gasteiger partial charge in [0.2, 0.25) is 0 Å². The highest BCUT2D eigenvalue weighted by Crippen LogP contribution is 2.34. The molecule has 0 aliphatic rings. The molecule has 3 N–H and O–H groups in total. The Morgan fingerprint density at radius 3 is 3.00 bits per heavy atom. The van der Waals surface area contributed by atoms with E-state index in [1.165, 1.54) is 20.0 Å². The lowest BCUT2D eigenvalue weighted by molar-refractivity contribution is 0.744. The van der Waals surface area contributed by atoms with Crippen LogP contribution in [0.2, 0.25) is 0 Å². The molecule has 0 amide bonds. The summed E-state index contributed by atoms with van der Waals surface area (Å²) in [5.74, 6) is 0. The largest absolute Gasteiger partial charge is 0.378 e. The van der Waals surface area contributed by atoms with Crippen molar-refractivity contribution in [1.29, 1.82) is 0 Å². The quantitative estimate of drug-likeness (QED) is 0.755. The van der Waals surface area contributed by atoms with Gasteiger partial charge in [0.1, 0.15) is 5.52 Å². The highest BCUT2D eigenvalue weighted by Gasteiger charge is 2.14. The summed E-state index contributed by atoms with van der Waals surface area (Å²) < 4.78 is 1.18. The fourth-order valence-corrected chi connectivity index (χ4v) is 4.28. The van der Waals surface area contributed by atoms with Crippen molar-refractivity contribution in [3.8, 4) is 0 Å². The number of rotatable bonds is 5. The molecule has 3 aromatic rings. The lowest BCUT2D eigenvalue weighted by Crippen LogP contribution is -2.17. The van der Waals surface area contributed by atoms with Crippen molar-refractivity contribution in [2.45, 2.75) is 32.9 Å². The lowest BCUT2D eigenvalue weighted by Gasteiger charge is -2.04. The second-order valence-electron chi connectivity index (χ2n) is 5.20. The predicted octanol–water partition coefficient (Wildman–Crippen LogP) is 3.56. The Hall–Kier alpha value is -1.50. The minimum Gasteiger partial charge on any atom is -0.378 e. The van der Waals surface area contributed by atoms with E-state index >= 15 is 0 Å². The summed E-state index contributed by atoms with van der Waals surface area (Å²) >= 11 is 3.53. The number of nitrogens with zero attached hydrogens (tertiary/aromatic N) is 2. The first-order valence-electron chi connectivity index (χ1n) is 6.90. The van der Waals surface area contributed by atoms with E-state index in [0.717, 1.165) is 24.2 Å². The van der Waals surface area contributed by atoms with Crippen LogP contribution in [-0.4, -0.2) is 16.2 Å². The van der Waals surface area contributed by atoms with E-state index in [1.54, 1.807) is 22.7 Å². The smallest absolute Gasteiger partial charge is 0.109 e. The van der Waals surface area contributed by atoms with Crippen molar-refractivity contribution in [3.63, 3.8) is 0 Å². The van der Waals surface area contributed by atoms with Gasteiger partial charge in [-0.25, -0.2) is 0 Å². The van der Waals surface area contributed by atoms with E-state index in [1.807, 2.05) is 13.1 Å². The number of aromatic nitrogens is 2. The number of nitrogens with two attached hydrogens (primary N) is 1. The van der Waals surface area contributed by atoms with Crippen LogP contribution in [0.5, 0.6) is 0 Å². The maximum Gasteiger partial charge on any atom is 0.109 e. The van der Waals surface area contributed by atoms with E-state index < -0.39 is 0 Å². The van der Waals surface area contributed by atoms with Crippen molar-refractivity contribution in [3.05, 3.63) is 39.0 Å². The van der Waals surface area contributed by atoms with Crippen LogP contribution in [0.1, 0.15) is 22.2 Å². The van der Waals surface area contributed by atoms with Crippen molar-refractivity contribution in [2.24, 2.45) is 5.73 Å². The number of thiophene rings is 2. The molecule has 1 unspecified atom stereocenters. The summed E-state index contributed by atoms with van der Waals surface area (Å²) in [4.78, 5) is 2.61. The number of nitrogens with one attached hydrogen (secondary N) is 1. The summed E-state index contributed by atoms with van der Waals surface area (Å²) in [6.45, 7) is 4.96. The first-order valence-corrected chi connectivity index (χ1v) is 8.60. The molecule has 1 atom stereocenters. The summed E-state index contributed by atoms with van der Waals surface area (Å²) in [5.41, 5.74) is 9.19. The Morgan fingerprint density at radius 2 is 2.29 bits per heavy atom. The zero-order valence-corrected chi connectivity index (χ0v) is 13.7. The van der Waals surface area contributed by atoms with Gasteiger partial charge in [0, 0.05) is 22.3 Å². The number of aryl methyl sites for hydroxylation is 1. The van der Waals surface area contributed by atoms with Crippen LogP contribution in [0.25, 0.3) is 10.2 Å². The van der Waals surface area contributed by atoms with E-state index in [-0.39, 0.29) is 6.04 Å². The average molecular weight is 318 g/mol. The van der Waals surface area contributed by atoms with Crippen LogP contribution in [0.15, 0.2) is 23.7 Å². The van der Waals surface area contributed by atoms with Crippen LogP contribution in [0.4, 0.5) is 5.69 Å². The van der Waals surface area contributed by atoms with Gasteiger partial charge in [0.25, 0.3) is 0 Å². The van der Waals surface area contributed by atoms with Gasteiger partial charge in [-0.05, 0) is 37.3 Å². The summed E-state index contributed by atoms with van der Waals surface area (Å²) in [5, 5.41) is 14.0. The number of hydrogen-bond acceptors (Lipinski definition) is 6. The third kappa shape index (κ3) is 3.07. The van der Waals surface area contributed by atoms with Gasteiger partial charge in [-0.1, -0.05) is 6.07 Å². The number of fused-ring (bicyclic) bond motifs is 1. The summed E-state index contributed by atoms with van der Waals surface area (Å²) in [7, 11) is 0. The molecule has 0 radical (unpaired) electrons. The molecule has 3 rings (SSSR count). The highest BCUT2D eigenvalue weighted by molar-refractivity contribution is 7.19. The topological polar surface area (TPSA) is 63.8 Å². The van der Waals surface area contributed by atoms with E-state index in [4.69, 9.17) is 5.73 Å². The molecule has 3 aromatic heterocycles. The fraction of sp³-hybridized carbons (Fsp3) is 0.333. The monoisotopic (exact) mass is 318 g/mol. The minimum absolute atomic E-state index is 0.159. The van der Waals surface area contributed by atoms with Crippen LogP contribution in [0.3, 0.4) is 0 Å². The molecule has 0 aliphatic heterocycles. The van der Waals surface area contributed by atoms with Crippen molar-refractivity contribution < 1.29 is 0 Å². The van der Waals surface area contributed by atoms with Crippen molar-refractivity contribution in [1.82, 2.24) is 10.2 Å². The number of anilines is 1. The maximum atomic E-state index is 5.93. The Balaban J connectivity index is 1.91. The van der Waals surface area contributed by atoms with Gasteiger partial charge in [0.15, 0.2) is 0 Å². The first kappa shape index (κ1) is 14.4. The Labute approximate surface area is 132 Å². The van der Waals surface area contributed by atoms with Gasteiger partial charge < -0.3 is 11.1 Å². The molecular formula is C15H18N4S2. The second kappa shape index (κ2) is 6.09. The van der Waals surface area contributed by atoms with E-state index in [0.29, 0.717) is 0 Å². The highest BCUT2D eigenvalue weighted by atomic mass is 32.1. The molecule has 21 heavy (non-hydrogen) atoms. The Kier molecular flexibility index (Phi) is 4.19. The molecule has 3 heterocycles. The van der Waals surface area contributed by atoms with Crippen LogP contribution in [-0.2, 0) is 13.0 Å². The van der Waals surface area contributed by atoms with Gasteiger partial charge in [-0.3, -0.25) is 0 Å². The molecule has 0 saturated heterocycles. The van der Waals surface area contributed by atoms with Gasteiger partial charge >= 0.3 is 0 Å². The summed E-state index contributed by atoms with van der Waals surface area (Å²) in [6, 6.07) is 4.36. The van der Waals surface area contributed by atoms with E-state index in [9.17, 15) is 0 Å². The molecular weight excluding hydrogens is 300 g/mol. The SMILES string of the molecule is Cc1c(CC(C)N)sc2c(NCc3cccs3)cnnc12. The molecule has 4 nitrogen and oxygen atoms in total. The molecule has 0 spiro atoms. The van der Waals surface area contributed by atoms with Crippen molar-refractivity contribution in [2.75, 3.05) is 5.32 Å². The fourth-order valence-electron chi connectivity index (χ4n) is 2.26. The van der Waals surface area contributed by atoms with Gasteiger partial charge in [0.05, 0.1) is 16.6 Å². The number of hydrogen-bond donors (Lipinski definition) is 2. The minimum atomic E-state index is 0.159. The predicted molar refractivity (Wildman–Crippen MR) is 91.2 cm³/mol. The third-order valence-corrected chi connectivity index (χ3v) is 5.56. The van der Waals surface area contributed by atoms with Crippen molar-refractivity contribution >= 4 is 38.6 Å². The lowest BCUT2D eigenvalue weighted by atomic mass is 10.1. The van der Waals surface area contributed by atoms with Crippen LogP contribution >= 0.6 is 22.7 Å². The summed E-state index contributed by atoms with van der Waals surface area (Å²) in [6.07, 6.45) is 2.69. The van der Waals surface area contributed by atoms with Crippen LogP contribution < -0.4 is 11.1 Å². The first-order chi connectivity index (χ1) is 10.1. The zero-order valence-electron chi connectivity index (χ0n) is 12.1. The molecule has 0 fully saturated rings. The van der Waals surface area contributed by atoms with E-state index in [2.05, 4.69) is 40.0 Å². The molecule has 0 aliphatic carbocycles. The molecule has 0 bridgehead atoms. The average Bonchev–Trinajstić information content (AvgIpc) is 3.06. The van der Waals surface area contributed by atoms with Gasteiger partial charge in [-0.2, -0.15) is 5.10 Å².